The first kappa shape index (κ1) is 17.4. The number of rotatable bonds is 6. The quantitative estimate of drug-likeness (QED) is 0.833. The number of hydrogen-bond donors (Lipinski definition) is 2. The van der Waals surface area contributed by atoms with E-state index in [0.717, 1.165) is 45.0 Å². The Morgan fingerprint density at radius 2 is 2.04 bits per heavy atom. The van der Waals surface area contributed by atoms with E-state index in [1.54, 1.807) is 13.3 Å². The third kappa shape index (κ3) is 5.04. The maximum absolute atomic E-state index is 12.4. The molecule has 1 aliphatic rings. The lowest BCUT2D eigenvalue weighted by molar-refractivity contribution is -0.117. The average Bonchev–Trinajstić information content (AvgIpc) is 3.03. The first-order valence-corrected chi connectivity index (χ1v) is 8.60. The number of imidazole rings is 1. The van der Waals surface area contributed by atoms with E-state index < -0.39 is 0 Å². The van der Waals surface area contributed by atoms with Crippen LogP contribution < -0.4 is 10.1 Å². The Bertz CT molecular complexity index is 674. The lowest BCUT2D eigenvalue weighted by Gasteiger charge is -2.21. The number of anilines is 1. The van der Waals surface area contributed by atoms with Crippen LogP contribution in [0, 0.1) is 0 Å². The lowest BCUT2D eigenvalue weighted by Crippen LogP contribution is -2.36. The van der Waals surface area contributed by atoms with Gasteiger partial charge in [-0.1, -0.05) is 12.1 Å². The number of amides is 1. The summed E-state index contributed by atoms with van der Waals surface area (Å²) in [5.74, 6) is 1.66. The van der Waals surface area contributed by atoms with Crippen LogP contribution in [0.4, 0.5) is 5.69 Å². The van der Waals surface area contributed by atoms with Gasteiger partial charge in [0.25, 0.3) is 0 Å². The van der Waals surface area contributed by atoms with E-state index in [-0.39, 0.29) is 5.91 Å². The number of para-hydroxylation sites is 2. The Hall–Kier alpha value is -2.38. The highest BCUT2D eigenvalue weighted by molar-refractivity contribution is 5.93. The molecule has 2 N–H and O–H groups in total. The summed E-state index contributed by atoms with van der Waals surface area (Å²) >= 11 is 0. The molecule has 1 aromatic heterocycles. The fourth-order valence-electron chi connectivity index (χ4n) is 3.08. The van der Waals surface area contributed by atoms with Crippen LogP contribution in [0.2, 0.25) is 0 Å². The van der Waals surface area contributed by atoms with Gasteiger partial charge >= 0.3 is 0 Å². The van der Waals surface area contributed by atoms with Crippen LogP contribution in [0.25, 0.3) is 0 Å². The van der Waals surface area contributed by atoms with Gasteiger partial charge < -0.3 is 15.0 Å². The number of H-pyrrole nitrogens is 1. The third-order valence-corrected chi connectivity index (χ3v) is 4.36. The molecule has 1 amide bonds. The van der Waals surface area contributed by atoms with E-state index in [4.69, 9.17) is 4.74 Å². The zero-order chi connectivity index (χ0) is 17.5. The van der Waals surface area contributed by atoms with E-state index in [2.05, 4.69) is 25.1 Å². The molecule has 1 saturated heterocycles. The van der Waals surface area contributed by atoms with E-state index in [1.165, 1.54) is 0 Å². The Kier molecular flexibility index (Phi) is 6.03. The van der Waals surface area contributed by atoms with Gasteiger partial charge in [0.05, 0.1) is 25.9 Å². The molecule has 25 heavy (non-hydrogen) atoms. The summed E-state index contributed by atoms with van der Waals surface area (Å²) < 4.78 is 5.28. The molecule has 3 rings (SSSR count). The largest absolute Gasteiger partial charge is 0.495 e. The second-order valence-corrected chi connectivity index (χ2v) is 6.19. The highest BCUT2D eigenvalue weighted by Crippen LogP contribution is 2.22. The number of ether oxygens (including phenoxy) is 1. The number of carbonyl (C=O) groups excluding carboxylic acids is 1. The van der Waals surface area contributed by atoms with Crippen molar-refractivity contribution in [3.05, 3.63) is 42.5 Å². The van der Waals surface area contributed by atoms with Gasteiger partial charge in [0.15, 0.2) is 0 Å². The average molecular weight is 343 g/mol. The van der Waals surface area contributed by atoms with Crippen molar-refractivity contribution in [2.75, 3.05) is 45.2 Å². The number of carbonyl (C=O) groups is 1. The third-order valence-electron chi connectivity index (χ3n) is 4.36. The molecule has 0 unspecified atom stereocenters. The van der Waals surface area contributed by atoms with Crippen LogP contribution in [-0.2, 0) is 11.3 Å². The lowest BCUT2D eigenvalue weighted by atomic mass is 10.3. The summed E-state index contributed by atoms with van der Waals surface area (Å²) in [4.78, 5) is 24.4. The Morgan fingerprint density at radius 1 is 1.24 bits per heavy atom. The molecule has 1 fully saturated rings. The van der Waals surface area contributed by atoms with Gasteiger partial charge in [-0.15, -0.1) is 0 Å². The van der Waals surface area contributed by atoms with Gasteiger partial charge in [0, 0.05) is 25.5 Å². The number of hydrogen-bond acceptors (Lipinski definition) is 5. The maximum Gasteiger partial charge on any atom is 0.238 e. The monoisotopic (exact) mass is 343 g/mol. The van der Waals surface area contributed by atoms with Gasteiger partial charge in [0.1, 0.15) is 11.6 Å². The molecule has 0 saturated carbocycles. The van der Waals surface area contributed by atoms with Gasteiger partial charge in [-0.05, 0) is 31.6 Å². The molecule has 0 bridgehead atoms. The number of nitrogens with zero attached hydrogens (tertiary/aromatic N) is 3. The van der Waals surface area contributed by atoms with E-state index in [0.29, 0.717) is 18.0 Å². The fraction of sp³-hybridized carbons (Fsp3) is 0.444. The number of aromatic nitrogens is 2. The molecule has 7 nitrogen and oxygen atoms in total. The second kappa shape index (κ2) is 8.64. The smallest absolute Gasteiger partial charge is 0.238 e. The molecule has 7 heteroatoms. The number of nitrogens with one attached hydrogen (secondary N) is 2. The summed E-state index contributed by atoms with van der Waals surface area (Å²) in [6.45, 7) is 4.98. The predicted molar refractivity (Wildman–Crippen MR) is 96.5 cm³/mol. The zero-order valence-electron chi connectivity index (χ0n) is 14.6. The summed E-state index contributed by atoms with van der Waals surface area (Å²) in [5.41, 5.74) is 0.712. The van der Waals surface area contributed by atoms with Crippen molar-refractivity contribution in [2.24, 2.45) is 0 Å². The first-order chi connectivity index (χ1) is 12.2. The molecule has 0 radical (unpaired) electrons. The minimum absolute atomic E-state index is 0.0102. The molecule has 1 aliphatic heterocycles. The van der Waals surface area contributed by atoms with E-state index >= 15 is 0 Å². The van der Waals surface area contributed by atoms with Crippen LogP contribution >= 0.6 is 0 Å². The van der Waals surface area contributed by atoms with Crippen molar-refractivity contribution < 1.29 is 9.53 Å². The summed E-state index contributed by atoms with van der Waals surface area (Å²) in [6.07, 6.45) is 4.67. The second-order valence-electron chi connectivity index (χ2n) is 6.19. The van der Waals surface area contributed by atoms with Crippen molar-refractivity contribution in [1.29, 1.82) is 0 Å². The number of aromatic amines is 1. The van der Waals surface area contributed by atoms with Crippen LogP contribution in [0.5, 0.6) is 5.75 Å². The van der Waals surface area contributed by atoms with Crippen LogP contribution in [-0.4, -0.2) is 65.5 Å². The van der Waals surface area contributed by atoms with E-state index in [9.17, 15) is 4.79 Å². The van der Waals surface area contributed by atoms with Gasteiger partial charge in [-0.2, -0.15) is 0 Å². The molecule has 2 heterocycles. The molecular weight excluding hydrogens is 318 g/mol. The fourth-order valence-corrected chi connectivity index (χ4v) is 3.08. The van der Waals surface area contributed by atoms with Gasteiger partial charge in [-0.3, -0.25) is 14.6 Å². The maximum atomic E-state index is 12.4. The molecule has 0 aliphatic carbocycles. The Balaban J connectivity index is 1.48. The van der Waals surface area contributed by atoms with Crippen molar-refractivity contribution >= 4 is 11.6 Å². The van der Waals surface area contributed by atoms with Crippen molar-refractivity contribution in [3.8, 4) is 5.75 Å². The van der Waals surface area contributed by atoms with Gasteiger partial charge in [-0.25, -0.2) is 4.98 Å². The van der Waals surface area contributed by atoms with Crippen LogP contribution in [0.3, 0.4) is 0 Å². The molecule has 134 valence electrons. The van der Waals surface area contributed by atoms with Crippen molar-refractivity contribution in [1.82, 2.24) is 19.8 Å². The molecular formula is C18H25N5O2. The van der Waals surface area contributed by atoms with Gasteiger partial charge in [0.2, 0.25) is 5.91 Å². The molecule has 1 aromatic carbocycles. The summed E-state index contributed by atoms with van der Waals surface area (Å²) in [5, 5.41) is 2.94. The first-order valence-electron chi connectivity index (χ1n) is 8.60. The summed E-state index contributed by atoms with van der Waals surface area (Å²) in [6, 6.07) is 7.46. The number of benzene rings is 1. The Morgan fingerprint density at radius 3 is 2.84 bits per heavy atom. The topological polar surface area (TPSA) is 73.5 Å². The highest BCUT2D eigenvalue weighted by Gasteiger charge is 2.18. The highest BCUT2D eigenvalue weighted by atomic mass is 16.5. The van der Waals surface area contributed by atoms with Crippen LogP contribution in [0.1, 0.15) is 12.2 Å². The molecule has 0 atom stereocenters. The van der Waals surface area contributed by atoms with Crippen molar-refractivity contribution in [3.63, 3.8) is 0 Å². The normalized spacial score (nSPS) is 16.4. The minimum Gasteiger partial charge on any atom is -0.495 e. The molecule has 2 aromatic rings. The predicted octanol–water partition coefficient (Wildman–Crippen LogP) is 1.56. The number of methoxy groups -OCH3 is 1. The SMILES string of the molecule is COc1ccccc1NC(=O)CN1CCCN(Cc2ncc[nH]2)CC1. The summed E-state index contributed by atoms with van der Waals surface area (Å²) in [7, 11) is 1.60. The van der Waals surface area contributed by atoms with Crippen LogP contribution in [0.15, 0.2) is 36.7 Å². The minimum atomic E-state index is -0.0102. The zero-order valence-corrected chi connectivity index (χ0v) is 14.6. The standard InChI is InChI=1S/C18H25N5O2/c1-25-16-6-3-2-5-15(16)21-18(24)14-23-10-4-9-22(11-12-23)13-17-19-7-8-20-17/h2-3,5-8H,4,9-14H2,1H3,(H,19,20)(H,21,24). The Labute approximate surface area is 148 Å². The van der Waals surface area contributed by atoms with Crippen molar-refractivity contribution in [2.45, 2.75) is 13.0 Å². The molecule has 0 spiro atoms. The van der Waals surface area contributed by atoms with E-state index in [1.807, 2.05) is 30.5 Å².